The van der Waals surface area contributed by atoms with Gasteiger partial charge in [-0.15, -0.1) is 0 Å². The van der Waals surface area contributed by atoms with Crippen molar-refractivity contribution in [2.75, 3.05) is 19.6 Å². The zero-order valence-corrected chi connectivity index (χ0v) is 10.3. The molecule has 0 aromatic carbocycles. The minimum atomic E-state index is -0.249. The van der Waals surface area contributed by atoms with Gasteiger partial charge in [-0.2, -0.15) is 0 Å². The highest BCUT2D eigenvalue weighted by atomic mass is 16.3. The van der Waals surface area contributed by atoms with Gasteiger partial charge in [0.1, 0.15) is 5.76 Å². The van der Waals surface area contributed by atoms with Crippen LogP contribution in [0.25, 0.3) is 0 Å². The summed E-state index contributed by atoms with van der Waals surface area (Å²) in [6.07, 6.45) is 4.44. The molecule has 0 aliphatic carbocycles. The highest BCUT2D eigenvalue weighted by Gasteiger charge is 2.34. The van der Waals surface area contributed by atoms with E-state index in [4.69, 9.17) is 4.42 Å². The first-order chi connectivity index (χ1) is 8.21. The molecule has 1 aromatic rings. The monoisotopic (exact) mass is 236 g/mol. The lowest BCUT2D eigenvalue weighted by Gasteiger charge is -2.32. The molecule has 1 unspecified atom stereocenters. The molecule has 1 aliphatic rings. The number of carbonyl (C=O) groups is 1. The maximum Gasteiger partial charge on any atom is 0.227 e. The second-order valence-electron chi connectivity index (χ2n) is 4.93. The number of furan rings is 1. The van der Waals surface area contributed by atoms with Gasteiger partial charge in [-0.05, 0) is 38.4 Å². The molecule has 1 aliphatic heterocycles. The molecule has 17 heavy (non-hydrogen) atoms. The first-order valence-corrected chi connectivity index (χ1v) is 6.22. The van der Waals surface area contributed by atoms with Crippen molar-refractivity contribution in [3.63, 3.8) is 0 Å². The minimum absolute atomic E-state index is 0.149. The Labute approximate surface area is 102 Å². The number of hydrogen-bond donors (Lipinski definition) is 2. The molecule has 0 bridgehead atoms. The fourth-order valence-corrected chi connectivity index (χ4v) is 2.22. The van der Waals surface area contributed by atoms with Crippen molar-refractivity contribution in [3.8, 4) is 0 Å². The van der Waals surface area contributed by atoms with Gasteiger partial charge < -0.3 is 15.1 Å². The van der Waals surface area contributed by atoms with Gasteiger partial charge in [0.2, 0.25) is 5.91 Å². The third-order valence-electron chi connectivity index (χ3n) is 3.38. The van der Waals surface area contributed by atoms with Gasteiger partial charge in [-0.3, -0.25) is 4.79 Å². The predicted octanol–water partition coefficient (Wildman–Crippen LogP) is 1.33. The van der Waals surface area contributed by atoms with Crippen LogP contribution in [0.2, 0.25) is 0 Å². The lowest BCUT2D eigenvalue weighted by Crippen LogP contribution is -2.49. The molecule has 0 spiro atoms. The largest absolute Gasteiger partial charge is 0.469 e. The third kappa shape index (κ3) is 3.09. The summed E-state index contributed by atoms with van der Waals surface area (Å²) >= 11 is 0. The Hall–Kier alpha value is -1.29. The maximum atomic E-state index is 12.1. The normalized spacial score (nSPS) is 24.5. The van der Waals surface area contributed by atoms with Crippen LogP contribution < -0.4 is 10.6 Å². The van der Waals surface area contributed by atoms with Gasteiger partial charge in [0, 0.05) is 19.5 Å². The summed E-state index contributed by atoms with van der Waals surface area (Å²) < 4.78 is 5.22. The maximum absolute atomic E-state index is 12.1. The first-order valence-electron chi connectivity index (χ1n) is 6.22. The Kier molecular flexibility index (Phi) is 3.84. The molecule has 0 saturated carbocycles. The Morgan fingerprint density at radius 2 is 2.53 bits per heavy atom. The topological polar surface area (TPSA) is 54.3 Å². The van der Waals surface area contributed by atoms with Crippen LogP contribution in [0.3, 0.4) is 0 Å². The molecule has 2 heterocycles. The van der Waals surface area contributed by atoms with E-state index in [1.54, 1.807) is 6.26 Å². The highest BCUT2D eigenvalue weighted by Crippen LogP contribution is 2.25. The van der Waals surface area contributed by atoms with Gasteiger partial charge in [0.25, 0.3) is 0 Å². The van der Waals surface area contributed by atoms with E-state index in [-0.39, 0.29) is 11.3 Å². The van der Waals surface area contributed by atoms with Crippen LogP contribution in [0, 0.1) is 5.41 Å². The van der Waals surface area contributed by atoms with Gasteiger partial charge >= 0.3 is 0 Å². The molecular formula is C13H20N2O2. The fraction of sp³-hybridized carbons (Fsp3) is 0.615. The van der Waals surface area contributed by atoms with Crippen LogP contribution in [-0.2, 0) is 11.2 Å². The van der Waals surface area contributed by atoms with E-state index in [9.17, 15) is 4.79 Å². The van der Waals surface area contributed by atoms with Crippen LogP contribution >= 0.6 is 0 Å². The zero-order chi connectivity index (χ0) is 12.1. The molecule has 1 atom stereocenters. The van der Waals surface area contributed by atoms with Crippen LogP contribution in [0.1, 0.15) is 25.5 Å². The van der Waals surface area contributed by atoms with E-state index in [1.807, 2.05) is 19.1 Å². The number of nitrogens with one attached hydrogen (secondary N) is 2. The van der Waals surface area contributed by atoms with Crippen molar-refractivity contribution in [3.05, 3.63) is 24.2 Å². The Morgan fingerprint density at radius 1 is 1.65 bits per heavy atom. The number of hydrogen-bond acceptors (Lipinski definition) is 3. The third-order valence-corrected chi connectivity index (χ3v) is 3.38. The lowest BCUT2D eigenvalue weighted by molar-refractivity contribution is -0.131. The molecule has 4 heteroatoms. The van der Waals surface area contributed by atoms with Crippen molar-refractivity contribution >= 4 is 5.91 Å². The van der Waals surface area contributed by atoms with Crippen molar-refractivity contribution < 1.29 is 9.21 Å². The summed E-state index contributed by atoms with van der Waals surface area (Å²) in [7, 11) is 0. The molecule has 1 amide bonds. The summed E-state index contributed by atoms with van der Waals surface area (Å²) in [6.45, 7) is 4.47. The summed E-state index contributed by atoms with van der Waals surface area (Å²) in [5.74, 6) is 1.06. The molecule has 94 valence electrons. The van der Waals surface area contributed by atoms with E-state index in [1.165, 1.54) is 0 Å². The summed E-state index contributed by atoms with van der Waals surface area (Å²) in [5, 5.41) is 6.27. The molecule has 1 fully saturated rings. The van der Waals surface area contributed by atoms with E-state index in [2.05, 4.69) is 10.6 Å². The SMILES string of the molecule is CC1(C(=O)NCCc2ccco2)CCCNC1. The van der Waals surface area contributed by atoms with Crippen molar-refractivity contribution in [2.24, 2.45) is 5.41 Å². The molecule has 1 aromatic heterocycles. The summed E-state index contributed by atoms with van der Waals surface area (Å²) in [6, 6.07) is 3.79. The van der Waals surface area contributed by atoms with Crippen LogP contribution in [0.15, 0.2) is 22.8 Å². The van der Waals surface area contributed by atoms with Crippen LogP contribution in [0.5, 0.6) is 0 Å². The van der Waals surface area contributed by atoms with E-state index in [0.717, 1.165) is 38.1 Å². The highest BCUT2D eigenvalue weighted by molar-refractivity contribution is 5.82. The quantitative estimate of drug-likeness (QED) is 0.829. The average Bonchev–Trinajstić information content (AvgIpc) is 2.83. The van der Waals surface area contributed by atoms with Gasteiger partial charge in [0.15, 0.2) is 0 Å². The van der Waals surface area contributed by atoms with E-state index in [0.29, 0.717) is 6.54 Å². The van der Waals surface area contributed by atoms with Crippen LogP contribution in [-0.4, -0.2) is 25.5 Å². The number of amides is 1. The Balaban J connectivity index is 1.76. The number of carbonyl (C=O) groups excluding carboxylic acids is 1. The van der Waals surface area contributed by atoms with Crippen molar-refractivity contribution in [1.29, 1.82) is 0 Å². The van der Waals surface area contributed by atoms with Gasteiger partial charge in [-0.1, -0.05) is 0 Å². The Morgan fingerprint density at radius 3 is 3.18 bits per heavy atom. The van der Waals surface area contributed by atoms with Crippen molar-refractivity contribution in [1.82, 2.24) is 10.6 Å². The second-order valence-corrected chi connectivity index (χ2v) is 4.93. The number of piperidine rings is 1. The smallest absolute Gasteiger partial charge is 0.227 e. The average molecular weight is 236 g/mol. The Bertz CT molecular complexity index is 354. The van der Waals surface area contributed by atoms with Gasteiger partial charge in [0.05, 0.1) is 11.7 Å². The molecule has 1 saturated heterocycles. The van der Waals surface area contributed by atoms with E-state index < -0.39 is 0 Å². The zero-order valence-electron chi connectivity index (χ0n) is 10.3. The standard InChI is InChI=1S/C13H20N2O2/c1-13(6-3-7-14-10-13)12(16)15-8-5-11-4-2-9-17-11/h2,4,9,14H,3,5-8,10H2,1H3,(H,15,16). The predicted molar refractivity (Wildman–Crippen MR) is 65.6 cm³/mol. The number of rotatable bonds is 4. The molecular weight excluding hydrogens is 216 g/mol. The summed E-state index contributed by atoms with van der Waals surface area (Å²) in [4.78, 5) is 12.1. The summed E-state index contributed by atoms with van der Waals surface area (Å²) in [5.41, 5.74) is -0.249. The van der Waals surface area contributed by atoms with Crippen LogP contribution in [0.4, 0.5) is 0 Å². The molecule has 4 nitrogen and oxygen atoms in total. The lowest BCUT2D eigenvalue weighted by atomic mass is 9.82. The van der Waals surface area contributed by atoms with Gasteiger partial charge in [-0.25, -0.2) is 0 Å². The fourth-order valence-electron chi connectivity index (χ4n) is 2.22. The molecule has 2 rings (SSSR count). The minimum Gasteiger partial charge on any atom is -0.469 e. The first kappa shape index (κ1) is 12.2. The van der Waals surface area contributed by atoms with E-state index >= 15 is 0 Å². The molecule has 2 N–H and O–H groups in total. The second kappa shape index (κ2) is 5.36. The van der Waals surface area contributed by atoms with Crippen molar-refractivity contribution in [2.45, 2.75) is 26.2 Å². The molecule has 0 radical (unpaired) electrons.